The Bertz CT molecular complexity index is 656. The van der Waals surface area contributed by atoms with Gasteiger partial charge in [-0.15, -0.1) is 0 Å². The topological polar surface area (TPSA) is 47.6 Å². The average Bonchev–Trinajstić information content (AvgIpc) is 2.55. The first kappa shape index (κ1) is 16.8. The highest BCUT2D eigenvalue weighted by Crippen LogP contribution is 2.19. The summed E-state index contributed by atoms with van der Waals surface area (Å²) in [6.07, 6.45) is 0. The van der Waals surface area contributed by atoms with Crippen LogP contribution in [0.3, 0.4) is 0 Å². The van der Waals surface area contributed by atoms with Crippen molar-refractivity contribution in [2.24, 2.45) is 0 Å². The van der Waals surface area contributed by atoms with Crippen LogP contribution >= 0.6 is 0 Å². The van der Waals surface area contributed by atoms with E-state index < -0.39 is 0 Å². The third-order valence-corrected chi connectivity index (χ3v) is 3.21. The molecule has 0 spiro atoms. The smallest absolute Gasteiger partial charge is 0.258 e. The van der Waals surface area contributed by atoms with Crippen molar-refractivity contribution in [2.45, 2.75) is 20.4 Å². The molecule has 1 amide bonds. The van der Waals surface area contributed by atoms with E-state index >= 15 is 0 Å². The molecular formula is C18H20FNO3. The van der Waals surface area contributed by atoms with E-state index in [2.05, 4.69) is 5.32 Å². The molecule has 0 aliphatic rings. The molecule has 23 heavy (non-hydrogen) atoms. The molecular weight excluding hydrogens is 297 g/mol. The minimum absolute atomic E-state index is 0.109. The standard InChI is InChI=1S/C18H20FNO3/c1-3-22-17-9-4-14(10-13(17)2)11-20-18(21)12-23-16-7-5-15(19)6-8-16/h4-10H,3,11-12H2,1-2H3,(H,20,21). The molecule has 0 aliphatic heterocycles. The van der Waals surface area contributed by atoms with Crippen LogP contribution in [0.2, 0.25) is 0 Å². The van der Waals surface area contributed by atoms with Crippen molar-refractivity contribution in [2.75, 3.05) is 13.2 Å². The van der Waals surface area contributed by atoms with Crippen LogP contribution < -0.4 is 14.8 Å². The number of hydrogen-bond acceptors (Lipinski definition) is 3. The molecule has 0 radical (unpaired) electrons. The predicted octanol–water partition coefficient (Wildman–Crippen LogP) is 3.23. The fourth-order valence-electron chi connectivity index (χ4n) is 2.07. The van der Waals surface area contributed by atoms with E-state index in [0.717, 1.165) is 16.9 Å². The zero-order valence-corrected chi connectivity index (χ0v) is 13.3. The first-order chi connectivity index (χ1) is 11.1. The van der Waals surface area contributed by atoms with E-state index in [0.29, 0.717) is 18.9 Å². The van der Waals surface area contributed by atoms with E-state index in [1.807, 2.05) is 32.0 Å². The lowest BCUT2D eigenvalue weighted by Gasteiger charge is -2.10. The molecule has 0 aromatic heterocycles. The Kier molecular flexibility index (Phi) is 5.97. The number of nitrogens with one attached hydrogen (secondary N) is 1. The van der Waals surface area contributed by atoms with Gasteiger partial charge in [0.15, 0.2) is 6.61 Å². The van der Waals surface area contributed by atoms with Crippen LogP contribution in [-0.4, -0.2) is 19.1 Å². The first-order valence-electron chi connectivity index (χ1n) is 7.46. The van der Waals surface area contributed by atoms with Crippen molar-refractivity contribution >= 4 is 5.91 Å². The van der Waals surface area contributed by atoms with Crippen LogP contribution in [0.5, 0.6) is 11.5 Å². The molecule has 2 rings (SSSR count). The number of aryl methyl sites for hydroxylation is 1. The highest BCUT2D eigenvalue weighted by Gasteiger charge is 2.05. The lowest BCUT2D eigenvalue weighted by atomic mass is 10.1. The quantitative estimate of drug-likeness (QED) is 0.853. The number of halogens is 1. The van der Waals surface area contributed by atoms with Crippen molar-refractivity contribution < 1.29 is 18.7 Å². The van der Waals surface area contributed by atoms with Gasteiger partial charge >= 0.3 is 0 Å². The summed E-state index contributed by atoms with van der Waals surface area (Å²) < 4.78 is 23.5. The summed E-state index contributed by atoms with van der Waals surface area (Å²) in [4.78, 5) is 11.8. The van der Waals surface area contributed by atoms with E-state index in [1.165, 1.54) is 24.3 Å². The molecule has 5 heteroatoms. The van der Waals surface area contributed by atoms with E-state index in [4.69, 9.17) is 9.47 Å². The SMILES string of the molecule is CCOc1ccc(CNC(=O)COc2ccc(F)cc2)cc1C. The first-order valence-corrected chi connectivity index (χ1v) is 7.46. The Morgan fingerprint density at radius 3 is 2.52 bits per heavy atom. The van der Waals surface area contributed by atoms with Crippen molar-refractivity contribution in [3.63, 3.8) is 0 Å². The maximum Gasteiger partial charge on any atom is 0.258 e. The number of rotatable bonds is 7. The normalized spacial score (nSPS) is 10.2. The number of ether oxygens (including phenoxy) is 2. The minimum Gasteiger partial charge on any atom is -0.494 e. The molecule has 0 bridgehead atoms. The summed E-state index contributed by atoms with van der Waals surface area (Å²) in [6, 6.07) is 11.3. The van der Waals surface area contributed by atoms with E-state index in [-0.39, 0.29) is 18.3 Å². The molecule has 0 atom stereocenters. The number of benzene rings is 2. The Morgan fingerprint density at radius 1 is 1.13 bits per heavy atom. The Hall–Kier alpha value is -2.56. The minimum atomic E-state index is -0.340. The van der Waals surface area contributed by atoms with Crippen LogP contribution in [-0.2, 0) is 11.3 Å². The lowest BCUT2D eigenvalue weighted by molar-refractivity contribution is -0.123. The molecule has 122 valence electrons. The van der Waals surface area contributed by atoms with Crippen LogP contribution in [0.15, 0.2) is 42.5 Å². The summed E-state index contributed by atoms with van der Waals surface area (Å²) in [5.41, 5.74) is 2.02. The Morgan fingerprint density at radius 2 is 1.87 bits per heavy atom. The number of carbonyl (C=O) groups excluding carboxylic acids is 1. The highest BCUT2D eigenvalue weighted by molar-refractivity contribution is 5.77. The van der Waals surface area contributed by atoms with Crippen LogP contribution in [0.4, 0.5) is 4.39 Å². The van der Waals surface area contributed by atoms with Crippen molar-refractivity contribution in [3.8, 4) is 11.5 Å². The van der Waals surface area contributed by atoms with Gasteiger partial charge in [-0.2, -0.15) is 0 Å². The largest absolute Gasteiger partial charge is 0.494 e. The van der Waals surface area contributed by atoms with Crippen molar-refractivity contribution in [1.82, 2.24) is 5.32 Å². The predicted molar refractivity (Wildman–Crippen MR) is 86.1 cm³/mol. The highest BCUT2D eigenvalue weighted by atomic mass is 19.1. The molecule has 0 saturated carbocycles. The molecule has 0 heterocycles. The van der Waals surface area contributed by atoms with Crippen LogP contribution in [0, 0.1) is 12.7 Å². The van der Waals surface area contributed by atoms with E-state index in [1.54, 1.807) is 0 Å². The van der Waals surface area contributed by atoms with E-state index in [9.17, 15) is 9.18 Å². The van der Waals surface area contributed by atoms with Gasteiger partial charge in [-0.1, -0.05) is 12.1 Å². The molecule has 4 nitrogen and oxygen atoms in total. The van der Waals surface area contributed by atoms with Gasteiger partial charge in [0.2, 0.25) is 0 Å². The zero-order valence-electron chi connectivity index (χ0n) is 13.3. The van der Waals surface area contributed by atoms with Crippen molar-refractivity contribution in [1.29, 1.82) is 0 Å². The van der Waals surface area contributed by atoms with Gasteiger partial charge in [-0.05, 0) is 55.3 Å². The van der Waals surface area contributed by atoms with Crippen LogP contribution in [0.25, 0.3) is 0 Å². The molecule has 0 aliphatic carbocycles. The Balaban J connectivity index is 1.80. The fraction of sp³-hybridized carbons (Fsp3) is 0.278. The van der Waals surface area contributed by atoms with Crippen LogP contribution in [0.1, 0.15) is 18.1 Å². The number of amides is 1. The van der Waals surface area contributed by atoms with Gasteiger partial charge in [0.1, 0.15) is 17.3 Å². The maximum absolute atomic E-state index is 12.8. The molecule has 0 fully saturated rings. The summed E-state index contributed by atoms with van der Waals surface area (Å²) >= 11 is 0. The maximum atomic E-state index is 12.8. The van der Waals surface area contributed by atoms with Gasteiger partial charge in [0.05, 0.1) is 6.61 Å². The van der Waals surface area contributed by atoms with Gasteiger partial charge in [-0.3, -0.25) is 4.79 Å². The fourth-order valence-corrected chi connectivity index (χ4v) is 2.07. The summed E-state index contributed by atoms with van der Waals surface area (Å²) in [6.45, 7) is 4.83. The Labute approximate surface area is 135 Å². The van der Waals surface area contributed by atoms with Gasteiger partial charge in [0.25, 0.3) is 5.91 Å². The molecule has 2 aromatic rings. The summed E-state index contributed by atoms with van der Waals surface area (Å²) in [7, 11) is 0. The molecule has 0 saturated heterocycles. The number of carbonyl (C=O) groups is 1. The van der Waals surface area contributed by atoms with Gasteiger partial charge in [-0.25, -0.2) is 4.39 Å². The van der Waals surface area contributed by atoms with Gasteiger partial charge < -0.3 is 14.8 Å². The third kappa shape index (κ3) is 5.29. The molecule has 2 aromatic carbocycles. The zero-order chi connectivity index (χ0) is 16.7. The summed E-state index contributed by atoms with van der Waals surface area (Å²) in [5, 5.41) is 2.78. The third-order valence-electron chi connectivity index (χ3n) is 3.21. The second-order valence-electron chi connectivity index (χ2n) is 5.05. The average molecular weight is 317 g/mol. The monoisotopic (exact) mass is 317 g/mol. The van der Waals surface area contributed by atoms with Crippen molar-refractivity contribution in [3.05, 3.63) is 59.4 Å². The molecule has 0 unspecified atom stereocenters. The second-order valence-corrected chi connectivity index (χ2v) is 5.05. The second kappa shape index (κ2) is 8.17. The van der Waals surface area contributed by atoms with Gasteiger partial charge in [0, 0.05) is 6.54 Å². The number of hydrogen-bond donors (Lipinski definition) is 1. The molecule has 1 N–H and O–H groups in total. The lowest BCUT2D eigenvalue weighted by Crippen LogP contribution is -2.28. The summed E-state index contributed by atoms with van der Waals surface area (Å²) in [5.74, 6) is 0.731.